The number of hydrogen-bond acceptors (Lipinski definition) is 5. The van der Waals surface area contributed by atoms with Crippen LogP contribution in [0.1, 0.15) is 39.2 Å². The lowest BCUT2D eigenvalue weighted by molar-refractivity contribution is -0.141. The Bertz CT molecular complexity index is 879. The highest BCUT2D eigenvalue weighted by Crippen LogP contribution is 2.71. The van der Waals surface area contributed by atoms with Crippen LogP contribution in [0.4, 0.5) is 0 Å². The van der Waals surface area contributed by atoms with E-state index in [1.54, 1.807) is 11.8 Å². The van der Waals surface area contributed by atoms with Crippen LogP contribution >= 0.6 is 11.8 Å². The van der Waals surface area contributed by atoms with Crippen molar-refractivity contribution in [1.82, 2.24) is 15.5 Å². The van der Waals surface area contributed by atoms with Crippen LogP contribution in [0.25, 0.3) is 0 Å². The summed E-state index contributed by atoms with van der Waals surface area (Å²) >= 11 is 1.64. The van der Waals surface area contributed by atoms with E-state index in [0.717, 1.165) is 12.0 Å². The van der Waals surface area contributed by atoms with Crippen LogP contribution in [-0.4, -0.2) is 62.5 Å². The molecule has 2 bridgehead atoms. The highest BCUT2D eigenvalue weighted by molar-refractivity contribution is 8.02. The zero-order chi connectivity index (χ0) is 22.4. The van der Waals surface area contributed by atoms with Gasteiger partial charge in [0.05, 0.1) is 23.2 Å². The number of rotatable bonds is 7. The van der Waals surface area contributed by atoms with Crippen molar-refractivity contribution in [3.8, 4) is 0 Å². The Morgan fingerprint density at radius 2 is 1.94 bits per heavy atom. The van der Waals surface area contributed by atoms with Crippen molar-refractivity contribution in [2.75, 3.05) is 13.2 Å². The molecule has 3 saturated heterocycles. The molecular weight excluding hydrogens is 414 g/mol. The molecule has 2 unspecified atom stereocenters. The number of β-amino-alcohol motifs (C(OH)–C–C–N with tert-alkyl or cyclic N) is 1. The molecule has 7 nitrogen and oxygen atoms in total. The number of aliphatic hydroxyl groups excluding tert-OH is 1. The third-order valence-electron chi connectivity index (χ3n) is 6.89. The van der Waals surface area contributed by atoms with Gasteiger partial charge in [0, 0.05) is 23.9 Å². The first-order valence-electron chi connectivity index (χ1n) is 11.0. The molecule has 3 amide bonds. The Labute approximate surface area is 187 Å². The van der Waals surface area contributed by atoms with E-state index >= 15 is 0 Å². The minimum atomic E-state index is -0.668. The van der Waals surface area contributed by atoms with Crippen LogP contribution in [-0.2, 0) is 20.9 Å². The first kappa shape index (κ1) is 22.1. The molecule has 5 atom stereocenters. The standard InChI is InChI=1S/C23H31N3O4S/c1-14(2)25-20(29)18-23-10-9-22(3,31-23)16(17(23)21(30)26(18)11-12-27)19(28)24-13-15-7-5-4-6-8-15/h4-8,14,16-18,27H,9-13H2,1-3H3,(H,24,28)(H,25,29)/t16-,17-,18?,22+,23?/m0/s1. The largest absolute Gasteiger partial charge is 0.395 e. The van der Waals surface area contributed by atoms with Crippen molar-refractivity contribution in [3.05, 3.63) is 35.9 Å². The van der Waals surface area contributed by atoms with E-state index in [1.165, 1.54) is 4.90 Å². The molecule has 3 N–H and O–H groups in total. The average Bonchev–Trinajstić information content (AvgIpc) is 3.28. The molecule has 1 aromatic carbocycles. The second-order valence-electron chi connectivity index (χ2n) is 9.35. The lowest BCUT2D eigenvalue weighted by Crippen LogP contribution is -2.55. The predicted octanol–water partition coefficient (Wildman–Crippen LogP) is 1.30. The summed E-state index contributed by atoms with van der Waals surface area (Å²) in [5.41, 5.74) is 1.00. The Hall–Kier alpha value is -2.06. The van der Waals surface area contributed by atoms with Gasteiger partial charge in [-0.1, -0.05) is 30.3 Å². The van der Waals surface area contributed by atoms with Crippen molar-refractivity contribution in [3.63, 3.8) is 0 Å². The van der Waals surface area contributed by atoms with Gasteiger partial charge in [0.1, 0.15) is 6.04 Å². The van der Waals surface area contributed by atoms with Gasteiger partial charge in [-0.05, 0) is 39.2 Å². The molecule has 1 aromatic rings. The summed E-state index contributed by atoms with van der Waals surface area (Å²) in [4.78, 5) is 41.6. The molecule has 3 heterocycles. The van der Waals surface area contributed by atoms with Gasteiger partial charge < -0.3 is 20.6 Å². The summed E-state index contributed by atoms with van der Waals surface area (Å²) < 4.78 is -1.02. The van der Waals surface area contributed by atoms with Gasteiger partial charge in [-0.3, -0.25) is 14.4 Å². The summed E-state index contributed by atoms with van der Waals surface area (Å²) in [5.74, 6) is -1.57. The second kappa shape index (κ2) is 8.13. The monoisotopic (exact) mass is 445 g/mol. The molecule has 0 radical (unpaired) electrons. The zero-order valence-corrected chi connectivity index (χ0v) is 19.1. The number of aliphatic hydroxyl groups is 1. The van der Waals surface area contributed by atoms with Crippen LogP contribution in [0.5, 0.6) is 0 Å². The molecule has 3 aliphatic heterocycles. The molecule has 1 spiro atoms. The van der Waals surface area contributed by atoms with Crippen molar-refractivity contribution >= 4 is 29.5 Å². The third-order valence-corrected chi connectivity index (χ3v) is 8.87. The van der Waals surface area contributed by atoms with Gasteiger partial charge >= 0.3 is 0 Å². The summed E-state index contributed by atoms with van der Waals surface area (Å²) in [6.07, 6.45) is 1.49. The molecule has 0 saturated carbocycles. The van der Waals surface area contributed by atoms with E-state index < -0.39 is 22.6 Å². The van der Waals surface area contributed by atoms with Gasteiger partial charge in [0.15, 0.2) is 0 Å². The summed E-state index contributed by atoms with van der Waals surface area (Å²) in [5, 5.41) is 15.6. The van der Waals surface area contributed by atoms with E-state index in [1.807, 2.05) is 44.2 Å². The highest BCUT2D eigenvalue weighted by atomic mass is 32.2. The SMILES string of the molecule is CC(C)NC(=O)C1N(CCO)C(=O)[C@@H]2[C@@H](C(=O)NCc3ccccc3)[C@@]3(C)CCC12S3. The fourth-order valence-electron chi connectivity index (χ4n) is 5.73. The summed E-state index contributed by atoms with van der Waals surface area (Å²) in [7, 11) is 0. The minimum absolute atomic E-state index is 0.0572. The van der Waals surface area contributed by atoms with Crippen molar-refractivity contribution in [2.24, 2.45) is 11.8 Å². The van der Waals surface area contributed by atoms with Crippen molar-refractivity contribution in [1.29, 1.82) is 0 Å². The zero-order valence-electron chi connectivity index (χ0n) is 18.3. The van der Waals surface area contributed by atoms with Gasteiger partial charge in [-0.25, -0.2) is 0 Å². The first-order chi connectivity index (χ1) is 14.7. The lowest BCUT2D eigenvalue weighted by atomic mass is 9.66. The van der Waals surface area contributed by atoms with Gasteiger partial charge in [0.25, 0.3) is 0 Å². The Morgan fingerprint density at radius 1 is 1.23 bits per heavy atom. The van der Waals surface area contributed by atoms with E-state index in [4.69, 9.17) is 0 Å². The van der Waals surface area contributed by atoms with Gasteiger partial charge in [-0.15, -0.1) is 11.8 Å². The van der Waals surface area contributed by atoms with E-state index in [-0.39, 0.29) is 41.7 Å². The number of amides is 3. The minimum Gasteiger partial charge on any atom is -0.395 e. The molecular formula is C23H31N3O4S. The molecule has 168 valence electrons. The number of nitrogens with one attached hydrogen (secondary N) is 2. The number of carbonyl (C=O) groups is 3. The Kier molecular flexibility index (Phi) is 5.81. The number of fused-ring (bicyclic) bond motifs is 1. The molecule has 31 heavy (non-hydrogen) atoms. The topological polar surface area (TPSA) is 98.7 Å². The quantitative estimate of drug-likeness (QED) is 0.588. The fraction of sp³-hybridized carbons (Fsp3) is 0.609. The molecule has 3 aliphatic rings. The number of likely N-dealkylation sites (tertiary alicyclic amines) is 1. The first-order valence-corrected chi connectivity index (χ1v) is 11.8. The number of hydrogen-bond donors (Lipinski definition) is 3. The van der Waals surface area contributed by atoms with E-state index in [9.17, 15) is 19.5 Å². The van der Waals surface area contributed by atoms with Crippen molar-refractivity contribution in [2.45, 2.75) is 61.7 Å². The second-order valence-corrected chi connectivity index (χ2v) is 11.2. The molecule has 0 aliphatic carbocycles. The molecule has 8 heteroatoms. The number of carbonyl (C=O) groups excluding carboxylic acids is 3. The predicted molar refractivity (Wildman–Crippen MR) is 119 cm³/mol. The number of benzene rings is 1. The van der Waals surface area contributed by atoms with Crippen LogP contribution in [0.3, 0.4) is 0 Å². The maximum atomic E-state index is 13.5. The summed E-state index contributed by atoms with van der Waals surface area (Å²) in [6, 6.07) is 8.96. The average molecular weight is 446 g/mol. The molecule has 4 rings (SSSR count). The van der Waals surface area contributed by atoms with Crippen molar-refractivity contribution < 1.29 is 19.5 Å². The lowest BCUT2D eigenvalue weighted by Gasteiger charge is -2.35. The number of thioether (sulfide) groups is 1. The van der Waals surface area contributed by atoms with E-state index in [2.05, 4.69) is 17.6 Å². The van der Waals surface area contributed by atoms with Gasteiger partial charge in [0.2, 0.25) is 17.7 Å². The van der Waals surface area contributed by atoms with E-state index in [0.29, 0.717) is 13.0 Å². The Balaban J connectivity index is 1.64. The van der Waals surface area contributed by atoms with Crippen LogP contribution in [0.15, 0.2) is 30.3 Å². The molecule has 0 aromatic heterocycles. The Morgan fingerprint density at radius 3 is 2.58 bits per heavy atom. The van der Waals surface area contributed by atoms with Crippen LogP contribution in [0.2, 0.25) is 0 Å². The highest BCUT2D eigenvalue weighted by Gasteiger charge is 2.76. The molecule has 3 fully saturated rings. The number of nitrogens with zero attached hydrogens (tertiary/aromatic N) is 1. The summed E-state index contributed by atoms with van der Waals surface area (Å²) in [6.45, 7) is 6.12. The smallest absolute Gasteiger partial charge is 0.244 e. The third kappa shape index (κ3) is 3.53. The maximum Gasteiger partial charge on any atom is 0.244 e. The fourth-order valence-corrected chi connectivity index (χ4v) is 8.09. The van der Waals surface area contributed by atoms with Crippen LogP contribution in [0, 0.1) is 11.8 Å². The normalized spacial score (nSPS) is 33.6. The van der Waals surface area contributed by atoms with Gasteiger partial charge in [-0.2, -0.15) is 0 Å². The maximum absolute atomic E-state index is 13.5. The van der Waals surface area contributed by atoms with Crippen LogP contribution < -0.4 is 10.6 Å².